The molecule has 3 heterocycles. The Bertz CT molecular complexity index is 1860. The second kappa shape index (κ2) is 19.2. The molecule has 3 amide bonds. The molecule has 312 valence electrons. The Balaban J connectivity index is 1.68. The molecule has 13 heteroatoms. The summed E-state index contributed by atoms with van der Waals surface area (Å²) >= 11 is 1.62. The van der Waals surface area contributed by atoms with E-state index in [2.05, 4.69) is 63.7 Å². The fraction of sp³-hybridized carbons (Fsp3) is 0.591. The molecule has 2 aromatic rings. The van der Waals surface area contributed by atoms with Gasteiger partial charge in [-0.15, -0.1) is 17.9 Å². The lowest BCUT2D eigenvalue weighted by molar-refractivity contribution is -0.155. The van der Waals surface area contributed by atoms with Gasteiger partial charge in [-0.25, -0.2) is 9.78 Å². The fourth-order valence-electron chi connectivity index (χ4n) is 7.17. The summed E-state index contributed by atoms with van der Waals surface area (Å²) in [5.41, 5.74) is 1.66. The van der Waals surface area contributed by atoms with Gasteiger partial charge in [0, 0.05) is 37.1 Å². The molecular formula is C44H63N3O8SSi. The zero-order valence-electron chi connectivity index (χ0n) is 35.6. The number of cyclic esters (lactones) is 1. The molecule has 1 aromatic carbocycles. The van der Waals surface area contributed by atoms with Gasteiger partial charge in [-0.3, -0.25) is 24.1 Å². The lowest BCUT2D eigenvalue weighted by Gasteiger charge is -2.45. The van der Waals surface area contributed by atoms with Crippen LogP contribution in [0.25, 0.3) is 10.2 Å². The Morgan fingerprint density at radius 1 is 1.14 bits per heavy atom. The number of rotatable bonds is 10. The molecule has 0 bridgehead atoms. The van der Waals surface area contributed by atoms with Gasteiger partial charge >= 0.3 is 12.1 Å². The van der Waals surface area contributed by atoms with Crippen LogP contribution in [0, 0.1) is 24.2 Å². The highest BCUT2D eigenvalue weighted by Crippen LogP contribution is 2.43. The van der Waals surface area contributed by atoms with Gasteiger partial charge in [0.1, 0.15) is 18.0 Å². The number of benzene rings is 1. The molecule has 0 unspecified atom stereocenters. The molecular weight excluding hydrogens is 759 g/mol. The predicted molar refractivity (Wildman–Crippen MR) is 227 cm³/mol. The number of esters is 1. The van der Waals surface area contributed by atoms with Crippen LogP contribution >= 0.6 is 11.3 Å². The van der Waals surface area contributed by atoms with E-state index in [9.17, 15) is 19.2 Å². The standard InChI is InChI=1S/C44H63N3O8SSi/c1-12-15-32-40(54-42(52)45-24-14-25-47-37(48)22-23-38(47)49)29(3)17-13-16-28(2)18-20-34(31-19-21-35-33(26-31)46-30(4)56-35)53-39(50)27-36(44(8,9)41(32)51)55-57(10,11)43(5,6)7/h12,18-19,21-23,26,29,32,34,36,40H,1,13-17,20,24-25,27H2,2-11H3,(H,45,52)/b28-18-/t29-,32+,34-,36-,40-/m0/s1. The number of ketones is 1. The number of thiazole rings is 1. The van der Waals surface area contributed by atoms with Crippen molar-refractivity contribution in [1.82, 2.24) is 15.2 Å². The highest BCUT2D eigenvalue weighted by molar-refractivity contribution is 7.18. The number of carbonyl (C=O) groups excluding carboxylic acids is 5. The SMILES string of the molecule is C=CC[C@H]1C(=O)C(C)(C)[C@@H](O[Si](C)(C)C(C)(C)C)CC(=O)O[C@H](c2ccc3sc(C)nc3c2)C/C=C(/C)CCC[C@H](C)[C@@H]1OC(=O)NCCCN1C(=O)C=CC1=O. The van der Waals surface area contributed by atoms with Crippen molar-refractivity contribution >= 4 is 59.5 Å². The van der Waals surface area contributed by atoms with Crippen LogP contribution in [-0.4, -0.2) is 73.2 Å². The molecule has 0 radical (unpaired) electrons. The minimum Gasteiger partial charge on any atom is -0.457 e. The zero-order chi connectivity index (χ0) is 42.3. The van der Waals surface area contributed by atoms with Gasteiger partial charge in [-0.05, 0) is 87.7 Å². The van der Waals surface area contributed by atoms with Crippen molar-refractivity contribution in [2.75, 3.05) is 13.1 Å². The van der Waals surface area contributed by atoms with Gasteiger partial charge in [0.05, 0.1) is 33.7 Å². The zero-order valence-corrected chi connectivity index (χ0v) is 37.4. The van der Waals surface area contributed by atoms with Gasteiger partial charge in [0.25, 0.3) is 11.8 Å². The second-order valence-corrected chi connectivity index (χ2v) is 23.7. The number of Topliss-reactive ketones (excluding diaryl/α,β-unsaturated/α-hetero) is 1. The summed E-state index contributed by atoms with van der Waals surface area (Å²) in [4.78, 5) is 72.4. The second-order valence-electron chi connectivity index (χ2n) is 17.7. The number of carbonyl (C=O) groups is 5. The normalized spacial score (nSPS) is 25.3. The summed E-state index contributed by atoms with van der Waals surface area (Å²) in [6.07, 6.45) is 6.49. The molecule has 1 aromatic heterocycles. The Kier molecular flexibility index (Phi) is 15.4. The Morgan fingerprint density at radius 3 is 2.47 bits per heavy atom. The third kappa shape index (κ3) is 11.8. The molecule has 0 fully saturated rings. The quantitative estimate of drug-likeness (QED) is 0.0816. The molecule has 57 heavy (non-hydrogen) atoms. The number of aryl methyl sites for hydroxylation is 1. The number of fused-ring (bicyclic) bond motifs is 1. The lowest BCUT2D eigenvalue weighted by Crippen LogP contribution is -2.53. The number of alkyl carbamates (subject to hydrolysis) is 1. The predicted octanol–water partition coefficient (Wildman–Crippen LogP) is 9.32. The highest BCUT2D eigenvalue weighted by Gasteiger charge is 2.50. The maximum atomic E-state index is 15.1. The van der Waals surface area contributed by atoms with E-state index < -0.39 is 50.0 Å². The molecule has 0 saturated carbocycles. The van der Waals surface area contributed by atoms with E-state index in [4.69, 9.17) is 13.9 Å². The third-order valence-corrected chi connectivity index (χ3v) is 17.2. The van der Waals surface area contributed by atoms with Crippen LogP contribution in [0.15, 0.2) is 54.7 Å². The Morgan fingerprint density at radius 2 is 1.82 bits per heavy atom. The van der Waals surface area contributed by atoms with E-state index >= 15 is 4.79 Å². The van der Waals surface area contributed by atoms with Gasteiger partial charge in [0.15, 0.2) is 8.32 Å². The molecule has 2 aliphatic rings. The number of ether oxygens (including phenoxy) is 2. The lowest BCUT2D eigenvalue weighted by atomic mass is 9.71. The van der Waals surface area contributed by atoms with Gasteiger partial charge in [-0.1, -0.05) is 65.3 Å². The molecule has 0 saturated heterocycles. The van der Waals surface area contributed by atoms with Crippen LogP contribution in [0.1, 0.15) is 110 Å². The molecule has 11 nitrogen and oxygen atoms in total. The van der Waals surface area contributed by atoms with Crippen molar-refractivity contribution in [2.24, 2.45) is 17.3 Å². The summed E-state index contributed by atoms with van der Waals surface area (Å²) in [6.45, 7) is 24.5. The van der Waals surface area contributed by atoms with E-state index in [1.165, 1.54) is 12.2 Å². The van der Waals surface area contributed by atoms with Crippen molar-refractivity contribution in [3.63, 3.8) is 0 Å². The summed E-state index contributed by atoms with van der Waals surface area (Å²) < 4.78 is 20.6. The van der Waals surface area contributed by atoms with Crippen LogP contribution < -0.4 is 5.32 Å². The van der Waals surface area contributed by atoms with Crippen molar-refractivity contribution in [2.45, 2.75) is 137 Å². The van der Waals surface area contributed by atoms with E-state index in [0.29, 0.717) is 19.3 Å². The number of nitrogens with zero attached hydrogens (tertiary/aromatic N) is 2. The first kappa shape index (κ1) is 45.8. The van der Waals surface area contributed by atoms with E-state index in [1.807, 2.05) is 45.9 Å². The van der Waals surface area contributed by atoms with Crippen LogP contribution in [0.4, 0.5) is 4.79 Å². The topological polar surface area (TPSA) is 141 Å². The number of imide groups is 1. The van der Waals surface area contributed by atoms with Crippen LogP contribution in [0.5, 0.6) is 0 Å². The highest BCUT2D eigenvalue weighted by atomic mass is 32.1. The molecule has 1 N–H and O–H groups in total. The number of hydrogen-bond acceptors (Lipinski definition) is 10. The molecule has 5 atom stereocenters. The minimum atomic E-state index is -2.56. The molecule has 2 aliphatic heterocycles. The smallest absolute Gasteiger partial charge is 0.407 e. The monoisotopic (exact) mass is 821 g/mol. The summed E-state index contributed by atoms with van der Waals surface area (Å²) in [7, 11) is -2.56. The number of nitrogens with one attached hydrogen (secondary N) is 1. The van der Waals surface area contributed by atoms with E-state index in [1.54, 1.807) is 17.4 Å². The van der Waals surface area contributed by atoms with Crippen molar-refractivity contribution < 1.29 is 37.9 Å². The Hall–Kier alpha value is -3.94. The average molecular weight is 822 g/mol. The fourth-order valence-corrected chi connectivity index (χ4v) is 9.42. The number of amides is 3. The van der Waals surface area contributed by atoms with Gasteiger partial charge in [-0.2, -0.15) is 0 Å². The average Bonchev–Trinajstić information content (AvgIpc) is 3.66. The third-order valence-electron chi connectivity index (χ3n) is 11.8. The van der Waals surface area contributed by atoms with Crippen molar-refractivity contribution in [3.05, 3.63) is 65.2 Å². The first-order valence-corrected chi connectivity index (χ1v) is 23.9. The number of hydrogen-bond donors (Lipinski definition) is 1. The molecule has 0 aliphatic carbocycles. The maximum Gasteiger partial charge on any atom is 0.407 e. The van der Waals surface area contributed by atoms with Crippen LogP contribution in [-0.2, 0) is 33.1 Å². The summed E-state index contributed by atoms with van der Waals surface area (Å²) in [5.74, 6) is -2.41. The number of aromatic nitrogens is 1. The van der Waals surface area contributed by atoms with Gasteiger partial charge in [0.2, 0.25) is 0 Å². The van der Waals surface area contributed by atoms with Crippen LogP contribution in [0.2, 0.25) is 18.1 Å². The first-order valence-electron chi connectivity index (χ1n) is 20.2. The largest absolute Gasteiger partial charge is 0.457 e. The van der Waals surface area contributed by atoms with Crippen LogP contribution in [0.3, 0.4) is 0 Å². The summed E-state index contributed by atoms with van der Waals surface area (Å²) in [5, 5.41) is 3.50. The molecule has 0 spiro atoms. The van der Waals surface area contributed by atoms with Crippen molar-refractivity contribution in [1.29, 1.82) is 0 Å². The van der Waals surface area contributed by atoms with E-state index in [-0.39, 0.29) is 54.5 Å². The Labute approximate surface area is 343 Å². The molecule has 4 rings (SSSR count). The van der Waals surface area contributed by atoms with E-state index in [0.717, 1.165) is 44.1 Å². The first-order chi connectivity index (χ1) is 26.6. The summed E-state index contributed by atoms with van der Waals surface area (Å²) in [6, 6.07) is 6.03. The minimum absolute atomic E-state index is 0.150. The maximum absolute atomic E-state index is 15.1. The van der Waals surface area contributed by atoms with Crippen molar-refractivity contribution in [3.8, 4) is 0 Å². The number of allylic oxidation sites excluding steroid dienone is 2. The van der Waals surface area contributed by atoms with Gasteiger partial charge < -0.3 is 19.2 Å².